The Bertz CT molecular complexity index is 496. The smallest absolute Gasteiger partial charge is 0.142 e. The molecule has 118 valence electrons. The van der Waals surface area contributed by atoms with Crippen LogP contribution in [0.1, 0.15) is 46.6 Å². The average Bonchev–Trinajstić information content (AvgIpc) is 2.81. The van der Waals surface area contributed by atoms with E-state index in [0.29, 0.717) is 22.8 Å². The highest BCUT2D eigenvalue weighted by Crippen LogP contribution is 2.69. The van der Waals surface area contributed by atoms with Crippen molar-refractivity contribution in [3.8, 4) is 0 Å². The summed E-state index contributed by atoms with van der Waals surface area (Å²) < 4.78 is 13.7. The Morgan fingerprint density at radius 3 is 2.38 bits per heavy atom. The van der Waals surface area contributed by atoms with Gasteiger partial charge < -0.3 is 5.32 Å². The van der Waals surface area contributed by atoms with Gasteiger partial charge in [-0.3, -0.25) is 0 Å². The largest absolute Gasteiger partial charge is 0.313 e. The Balaban J connectivity index is 2.20. The highest BCUT2D eigenvalue weighted by Gasteiger charge is 2.66. The number of benzene rings is 1. The molecule has 1 unspecified atom stereocenters. The predicted octanol–water partition coefficient (Wildman–Crippen LogP) is 5.07. The maximum absolute atomic E-state index is 13.7. The molecule has 1 aromatic rings. The Morgan fingerprint density at radius 2 is 1.86 bits per heavy atom. The molecular formula is C18H27ClFN. The van der Waals surface area contributed by atoms with E-state index in [4.69, 9.17) is 11.6 Å². The molecule has 0 spiro atoms. The van der Waals surface area contributed by atoms with E-state index in [1.165, 1.54) is 6.07 Å². The van der Waals surface area contributed by atoms with Crippen LogP contribution in [0.25, 0.3) is 0 Å². The Morgan fingerprint density at radius 1 is 1.24 bits per heavy atom. The van der Waals surface area contributed by atoms with Crippen molar-refractivity contribution < 1.29 is 4.39 Å². The summed E-state index contributed by atoms with van der Waals surface area (Å²) in [4.78, 5) is 0. The van der Waals surface area contributed by atoms with Crippen LogP contribution in [0.4, 0.5) is 4.39 Å². The molecule has 1 aliphatic rings. The van der Waals surface area contributed by atoms with Gasteiger partial charge >= 0.3 is 0 Å². The second-order valence-corrected chi connectivity index (χ2v) is 7.78. The summed E-state index contributed by atoms with van der Waals surface area (Å²) in [6, 6.07) is 5.45. The van der Waals surface area contributed by atoms with Gasteiger partial charge in [-0.15, -0.1) is 0 Å². The lowest BCUT2D eigenvalue weighted by atomic mass is 9.96. The molecule has 21 heavy (non-hydrogen) atoms. The third-order valence-electron chi connectivity index (χ3n) is 5.66. The highest BCUT2D eigenvalue weighted by molar-refractivity contribution is 6.31. The fraction of sp³-hybridized carbons (Fsp3) is 0.667. The maximum Gasteiger partial charge on any atom is 0.142 e. The van der Waals surface area contributed by atoms with Crippen LogP contribution in [0, 0.1) is 22.6 Å². The van der Waals surface area contributed by atoms with E-state index in [0.717, 1.165) is 24.9 Å². The van der Waals surface area contributed by atoms with Crippen molar-refractivity contribution in [1.29, 1.82) is 0 Å². The quantitative estimate of drug-likeness (QED) is 0.773. The molecule has 0 heterocycles. The minimum Gasteiger partial charge on any atom is -0.313 e. The van der Waals surface area contributed by atoms with Gasteiger partial charge in [0, 0.05) is 6.04 Å². The van der Waals surface area contributed by atoms with Crippen LogP contribution in [0.2, 0.25) is 5.02 Å². The second-order valence-electron chi connectivity index (χ2n) is 7.40. The summed E-state index contributed by atoms with van der Waals surface area (Å²) in [6.45, 7) is 12.5. The molecule has 0 radical (unpaired) electrons. The van der Waals surface area contributed by atoms with Crippen molar-refractivity contribution in [2.24, 2.45) is 16.7 Å². The molecule has 1 saturated carbocycles. The fourth-order valence-electron chi connectivity index (χ4n) is 3.83. The Kier molecular flexibility index (Phi) is 4.70. The molecule has 1 N–H and O–H groups in total. The molecule has 0 amide bonds. The average molecular weight is 312 g/mol. The van der Waals surface area contributed by atoms with E-state index >= 15 is 0 Å². The van der Waals surface area contributed by atoms with Crippen LogP contribution in [-0.4, -0.2) is 12.6 Å². The first-order chi connectivity index (χ1) is 9.73. The SMILES string of the molecule is CCCNC(Cc1cccc(F)c1Cl)C1C(C)(C)C1(C)C. The fourth-order valence-corrected chi connectivity index (χ4v) is 4.04. The van der Waals surface area contributed by atoms with Crippen LogP contribution in [0.3, 0.4) is 0 Å². The maximum atomic E-state index is 13.7. The van der Waals surface area contributed by atoms with Gasteiger partial charge in [0.25, 0.3) is 0 Å². The van der Waals surface area contributed by atoms with Crippen LogP contribution < -0.4 is 5.32 Å². The van der Waals surface area contributed by atoms with E-state index < -0.39 is 0 Å². The van der Waals surface area contributed by atoms with Crippen LogP contribution in [0.15, 0.2) is 18.2 Å². The number of rotatable bonds is 6. The van der Waals surface area contributed by atoms with Crippen LogP contribution >= 0.6 is 11.6 Å². The minimum atomic E-state index is -0.322. The molecule has 3 heteroatoms. The summed E-state index contributed by atoms with van der Waals surface area (Å²) in [6.07, 6.45) is 1.88. The van der Waals surface area contributed by atoms with Gasteiger partial charge in [0.2, 0.25) is 0 Å². The van der Waals surface area contributed by atoms with Crippen molar-refractivity contribution in [1.82, 2.24) is 5.32 Å². The molecule has 1 atom stereocenters. The van der Waals surface area contributed by atoms with Crippen LogP contribution in [-0.2, 0) is 6.42 Å². The van der Waals surface area contributed by atoms with Crippen LogP contribution in [0.5, 0.6) is 0 Å². The molecule has 0 saturated heterocycles. The monoisotopic (exact) mass is 311 g/mol. The molecule has 0 aliphatic heterocycles. The molecule has 1 aliphatic carbocycles. The third-order valence-corrected chi connectivity index (χ3v) is 6.09. The van der Waals surface area contributed by atoms with Crippen molar-refractivity contribution in [3.05, 3.63) is 34.6 Å². The summed E-state index contributed by atoms with van der Waals surface area (Å²) in [7, 11) is 0. The van der Waals surface area contributed by atoms with Crippen molar-refractivity contribution >= 4 is 11.6 Å². The molecule has 2 rings (SSSR count). The predicted molar refractivity (Wildman–Crippen MR) is 88.2 cm³/mol. The molecule has 1 aromatic carbocycles. The first-order valence-corrected chi connectivity index (χ1v) is 8.27. The van der Waals surface area contributed by atoms with E-state index in [1.54, 1.807) is 6.07 Å². The van der Waals surface area contributed by atoms with E-state index in [1.807, 2.05) is 6.07 Å². The summed E-state index contributed by atoms with van der Waals surface area (Å²) >= 11 is 6.14. The van der Waals surface area contributed by atoms with Gasteiger partial charge in [-0.2, -0.15) is 0 Å². The first-order valence-electron chi connectivity index (χ1n) is 7.89. The lowest BCUT2D eigenvalue weighted by molar-refractivity contribution is 0.395. The zero-order valence-electron chi connectivity index (χ0n) is 13.8. The zero-order chi connectivity index (χ0) is 15.8. The van der Waals surface area contributed by atoms with Crippen molar-refractivity contribution in [2.45, 2.75) is 53.5 Å². The number of hydrogen-bond donors (Lipinski definition) is 1. The van der Waals surface area contributed by atoms with Gasteiger partial charge in [0.1, 0.15) is 5.82 Å². The summed E-state index contributed by atoms with van der Waals surface area (Å²) in [5, 5.41) is 3.93. The number of nitrogens with one attached hydrogen (secondary N) is 1. The summed E-state index contributed by atoms with van der Waals surface area (Å²) in [5.74, 6) is 0.258. The van der Waals surface area contributed by atoms with Gasteiger partial charge in [-0.05, 0) is 47.8 Å². The third kappa shape index (κ3) is 2.98. The number of halogens is 2. The second kappa shape index (κ2) is 5.89. The minimum absolute atomic E-state index is 0.275. The standard InChI is InChI=1S/C18H27ClFN/c1-6-10-21-14(16-17(2,3)18(16,4)5)11-12-8-7-9-13(20)15(12)19/h7-9,14,16,21H,6,10-11H2,1-5H3. The lowest BCUT2D eigenvalue weighted by Crippen LogP contribution is -2.36. The molecular weight excluding hydrogens is 285 g/mol. The first kappa shape index (κ1) is 16.8. The van der Waals surface area contributed by atoms with E-state index in [2.05, 4.69) is 39.9 Å². The molecule has 1 fully saturated rings. The lowest BCUT2D eigenvalue weighted by Gasteiger charge is -2.22. The zero-order valence-corrected chi connectivity index (χ0v) is 14.5. The molecule has 1 nitrogen and oxygen atoms in total. The molecule has 0 aromatic heterocycles. The number of hydrogen-bond acceptors (Lipinski definition) is 1. The van der Waals surface area contributed by atoms with Crippen molar-refractivity contribution in [3.63, 3.8) is 0 Å². The van der Waals surface area contributed by atoms with E-state index in [9.17, 15) is 4.39 Å². The van der Waals surface area contributed by atoms with Gasteiger partial charge in [0.05, 0.1) is 5.02 Å². The van der Waals surface area contributed by atoms with Gasteiger partial charge in [-0.1, -0.05) is 58.4 Å². The normalized spacial score (nSPS) is 21.3. The topological polar surface area (TPSA) is 12.0 Å². The van der Waals surface area contributed by atoms with Gasteiger partial charge in [0.15, 0.2) is 0 Å². The summed E-state index contributed by atoms with van der Waals surface area (Å²) in [5.41, 5.74) is 1.51. The Hall–Kier alpha value is -0.600. The Labute approximate surface area is 133 Å². The van der Waals surface area contributed by atoms with Crippen molar-refractivity contribution in [2.75, 3.05) is 6.54 Å². The molecule has 0 bridgehead atoms. The highest BCUT2D eigenvalue weighted by atomic mass is 35.5. The van der Waals surface area contributed by atoms with Gasteiger partial charge in [-0.25, -0.2) is 4.39 Å². The van der Waals surface area contributed by atoms with E-state index in [-0.39, 0.29) is 10.8 Å².